The first-order chi connectivity index (χ1) is 10.2. The van der Waals surface area contributed by atoms with Gasteiger partial charge in [0.25, 0.3) is 0 Å². The van der Waals surface area contributed by atoms with Crippen molar-refractivity contribution in [3.8, 4) is 0 Å². The molecule has 2 aromatic rings. The molecule has 5 heteroatoms. The zero-order valence-electron chi connectivity index (χ0n) is 11.7. The van der Waals surface area contributed by atoms with Crippen LogP contribution >= 0.6 is 34.5 Å². The Hall–Kier alpha value is -0.580. The first-order valence-electron chi connectivity index (χ1n) is 7.22. The highest BCUT2D eigenvalue weighted by atomic mass is 35.5. The molecule has 1 heterocycles. The van der Waals surface area contributed by atoms with Crippen molar-refractivity contribution in [1.29, 1.82) is 0 Å². The van der Waals surface area contributed by atoms with E-state index in [9.17, 15) is 0 Å². The third-order valence-corrected chi connectivity index (χ3v) is 6.14. The van der Waals surface area contributed by atoms with E-state index < -0.39 is 0 Å². The van der Waals surface area contributed by atoms with Gasteiger partial charge < -0.3 is 0 Å². The number of hydrazine groups is 1. The van der Waals surface area contributed by atoms with Gasteiger partial charge in [0, 0.05) is 9.75 Å². The van der Waals surface area contributed by atoms with Gasteiger partial charge in [0.2, 0.25) is 0 Å². The zero-order chi connectivity index (χ0) is 14.8. The maximum Gasteiger partial charge on any atom is 0.0817 e. The molecule has 0 saturated heterocycles. The van der Waals surface area contributed by atoms with Gasteiger partial charge >= 0.3 is 0 Å². The van der Waals surface area contributed by atoms with Gasteiger partial charge in [-0.15, -0.1) is 11.3 Å². The molecule has 3 N–H and O–H groups in total. The molecule has 0 amide bonds. The first kappa shape index (κ1) is 15.3. The van der Waals surface area contributed by atoms with E-state index in [0.717, 1.165) is 5.56 Å². The first-order valence-corrected chi connectivity index (χ1v) is 8.79. The summed E-state index contributed by atoms with van der Waals surface area (Å²) in [5.74, 6) is 5.80. The minimum atomic E-state index is -0.104. The highest BCUT2D eigenvalue weighted by Gasteiger charge is 2.21. The van der Waals surface area contributed by atoms with Gasteiger partial charge in [-0.3, -0.25) is 5.84 Å². The standard InChI is InChI=1S/C16H18Cl2N2S/c17-12-7-4-6-11(15(12)18)16(20-19)14-9-10-5-2-1-3-8-13(10)21-14/h4,6-7,9,16,20H,1-3,5,8,19H2. The van der Waals surface area contributed by atoms with E-state index >= 15 is 0 Å². The van der Waals surface area contributed by atoms with Crippen LogP contribution in [0.3, 0.4) is 0 Å². The van der Waals surface area contributed by atoms with Crippen LogP contribution in [0.2, 0.25) is 10.0 Å². The van der Waals surface area contributed by atoms with Crippen molar-refractivity contribution in [2.75, 3.05) is 0 Å². The summed E-state index contributed by atoms with van der Waals surface area (Å²) in [5.41, 5.74) is 5.31. The van der Waals surface area contributed by atoms with E-state index in [-0.39, 0.29) is 6.04 Å². The Bertz CT molecular complexity index is 616. The summed E-state index contributed by atoms with van der Waals surface area (Å²) in [7, 11) is 0. The summed E-state index contributed by atoms with van der Waals surface area (Å²) >= 11 is 14.3. The fourth-order valence-electron chi connectivity index (χ4n) is 2.90. The lowest BCUT2D eigenvalue weighted by Crippen LogP contribution is -2.28. The van der Waals surface area contributed by atoms with Gasteiger partial charge in [-0.1, -0.05) is 41.8 Å². The number of fused-ring (bicyclic) bond motifs is 1. The summed E-state index contributed by atoms with van der Waals surface area (Å²) in [4.78, 5) is 2.72. The molecule has 0 aliphatic heterocycles. The lowest BCUT2D eigenvalue weighted by molar-refractivity contribution is 0.645. The number of aryl methyl sites for hydroxylation is 2. The monoisotopic (exact) mass is 340 g/mol. The molecule has 1 aliphatic carbocycles. The highest BCUT2D eigenvalue weighted by Crippen LogP contribution is 2.38. The molecule has 3 rings (SSSR count). The number of hydrogen-bond donors (Lipinski definition) is 2. The average molecular weight is 341 g/mol. The van der Waals surface area contributed by atoms with Crippen molar-refractivity contribution in [2.45, 2.75) is 38.1 Å². The van der Waals surface area contributed by atoms with Crippen LogP contribution < -0.4 is 11.3 Å². The van der Waals surface area contributed by atoms with Crippen LogP contribution in [0.5, 0.6) is 0 Å². The van der Waals surface area contributed by atoms with Gasteiger partial charge in [-0.2, -0.15) is 0 Å². The van der Waals surface area contributed by atoms with E-state index in [1.165, 1.54) is 47.4 Å². The van der Waals surface area contributed by atoms with Crippen molar-refractivity contribution < 1.29 is 0 Å². The average Bonchev–Trinajstić information content (AvgIpc) is 2.75. The molecular formula is C16H18Cl2N2S. The van der Waals surface area contributed by atoms with Crippen LogP contribution in [-0.2, 0) is 12.8 Å². The molecular weight excluding hydrogens is 323 g/mol. The maximum absolute atomic E-state index is 6.35. The minimum absolute atomic E-state index is 0.104. The van der Waals surface area contributed by atoms with Crippen LogP contribution in [-0.4, -0.2) is 0 Å². The number of halogens is 2. The lowest BCUT2D eigenvalue weighted by atomic mass is 10.0. The second-order valence-corrected chi connectivity index (χ2v) is 7.35. The normalized spacial score (nSPS) is 16.3. The molecule has 1 aromatic carbocycles. The van der Waals surface area contributed by atoms with Crippen LogP contribution in [0.4, 0.5) is 0 Å². The van der Waals surface area contributed by atoms with Crippen LogP contribution in [0.25, 0.3) is 0 Å². The molecule has 0 fully saturated rings. The summed E-state index contributed by atoms with van der Waals surface area (Å²) in [6.07, 6.45) is 6.25. The molecule has 0 saturated carbocycles. The minimum Gasteiger partial charge on any atom is -0.271 e. The summed E-state index contributed by atoms with van der Waals surface area (Å²) in [5, 5.41) is 1.14. The Morgan fingerprint density at radius 2 is 1.95 bits per heavy atom. The lowest BCUT2D eigenvalue weighted by Gasteiger charge is -2.17. The zero-order valence-corrected chi connectivity index (χ0v) is 14.0. The third kappa shape index (κ3) is 3.13. The van der Waals surface area contributed by atoms with E-state index in [0.29, 0.717) is 10.0 Å². The second-order valence-electron chi connectivity index (χ2n) is 5.40. The number of nitrogens with one attached hydrogen (secondary N) is 1. The van der Waals surface area contributed by atoms with Gasteiger partial charge in [0.1, 0.15) is 0 Å². The quantitative estimate of drug-likeness (QED) is 0.474. The van der Waals surface area contributed by atoms with E-state index in [1.807, 2.05) is 23.5 Å². The summed E-state index contributed by atoms with van der Waals surface area (Å²) < 4.78 is 0. The summed E-state index contributed by atoms with van der Waals surface area (Å²) in [6.45, 7) is 0. The molecule has 21 heavy (non-hydrogen) atoms. The Morgan fingerprint density at radius 1 is 1.14 bits per heavy atom. The predicted molar refractivity (Wildman–Crippen MR) is 91.2 cm³/mol. The second kappa shape index (κ2) is 6.67. The van der Waals surface area contributed by atoms with Gasteiger partial charge in [0.05, 0.1) is 16.1 Å². The fourth-order valence-corrected chi connectivity index (χ4v) is 4.66. The van der Waals surface area contributed by atoms with Crippen LogP contribution in [0, 0.1) is 0 Å². The smallest absolute Gasteiger partial charge is 0.0817 e. The molecule has 0 radical (unpaired) electrons. The van der Waals surface area contributed by atoms with Crippen molar-refractivity contribution >= 4 is 34.5 Å². The number of rotatable bonds is 3. The Balaban J connectivity index is 1.98. The fraction of sp³-hybridized carbons (Fsp3) is 0.375. The van der Waals surface area contributed by atoms with Crippen molar-refractivity contribution in [1.82, 2.24) is 5.43 Å². The molecule has 1 aromatic heterocycles. The number of hydrogen-bond acceptors (Lipinski definition) is 3. The van der Waals surface area contributed by atoms with Gasteiger partial charge in [-0.25, -0.2) is 5.43 Å². The van der Waals surface area contributed by atoms with Gasteiger partial charge in [-0.05, 0) is 48.9 Å². The van der Waals surface area contributed by atoms with Crippen LogP contribution in [0.15, 0.2) is 24.3 Å². The number of nitrogens with two attached hydrogens (primary N) is 1. The van der Waals surface area contributed by atoms with Gasteiger partial charge in [0.15, 0.2) is 0 Å². The molecule has 0 spiro atoms. The van der Waals surface area contributed by atoms with E-state index in [1.54, 1.807) is 6.07 Å². The SMILES string of the molecule is NNC(c1cc2c(s1)CCCCC2)c1cccc(Cl)c1Cl. The molecule has 2 nitrogen and oxygen atoms in total. The molecule has 1 unspecified atom stereocenters. The summed E-state index contributed by atoms with van der Waals surface area (Å²) in [6, 6.07) is 7.86. The van der Waals surface area contributed by atoms with E-state index in [2.05, 4.69) is 11.5 Å². The highest BCUT2D eigenvalue weighted by molar-refractivity contribution is 7.12. The van der Waals surface area contributed by atoms with E-state index in [4.69, 9.17) is 29.0 Å². The Morgan fingerprint density at radius 3 is 2.76 bits per heavy atom. The van der Waals surface area contributed by atoms with Crippen molar-refractivity contribution in [3.63, 3.8) is 0 Å². The molecule has 0 bridgehead atoms. The third-order valence-electron chi connectivity index (χ3n) is 4.01. The van der Waals surface area contributed by atoms with Crippen molar-refractivity contribution in [2.24, 2.45) is 5.84 Å². The molecule has 112 valence electrons. The Labute approximate surface area is 139 Å². The largest absolute Gasteiger partial charge is 0.271 e. The maximum atomic E-state index is 6.35. The van der Waals surface area contributed by atoms with Crippen molar-refractivity contribution in [3.05, 3.63) is 55.2 Å². The molecule has 1 atom stereocenters. The molecule has 1 aliphatic rings. The Kier molecular flexibility index (Phi) is 4.87. The van der Waals surface area contributed by atoms with Crippen LogP contribution in [0.1, 0.15) is 46.2 Å². The predicted octanol–water partition coefficient (Wildman–Crippen LogP) is 4.88. The topological polar surface area (TPSA) is 38.0 Å². The number of benzene rings is 1. The number of thiophene rings is 1.